The fourth-order valence-corrected chi connectivity index (χ4v) is 5.12. The molecule has 0 bridgehead atoms. The molecule has 0 amide bonds. The number of aliphatic hydroxyl groups is 2. The summed E-state index contributed by atoms with van der Waals surface area (Å²) in [6, 6.07) is 8.67. The first-order chi connectivity index (χ1) is 16.9. The van der Waals surface area contributed by atoms with Crippen LogP contribution >= 0.6 is 11.6 Å². The number of ether oxygens (including phenoxy) is 2. The first kappa shape index (κ1) is 24.0. The zero-order chi connectivity index (χ0) is 24.5. The lowest BCUT2D eigenvalue weighted by Gasteiger charge is -2.34. The third kappa shape index (κ3) is 4.99. The van der Waals surface area contributed by atoms with E-state index in [1.165, 1.54) is 12.4 Å². The number of nitrogens with zero attached hydrogens (tertiary/aromatic N) is 3. The average Bonchev–Trinajstić information content (AvgIpc) is 3.20. The molecule has 8 nitrogen and oxygen atoms in total. The molecule has 2 heterocycles. The fraction of sp³-hybridized carbons (Fsp3) is 0.440. The molecule has 5 rings (SSSR count). The van der Waals surface area contributed by atoms with Crippen LogP contribution in [0.4, 0.5) is 15.9 Å². The van der Waals surface area contributed by atoms with Crippen LogP contribution in [-0.4, -0.2) is 69.6 Å². The van der Waals surface area contributed by atoms with Crippen LogP contribution in [0.25, 0.3) is 10.9 Å². The predicted molar refractivity (Wildman–Crippen MR) is 131 cm³/mol. The van der Waals surface area contributed by atoms with Gasteiger partial charge in [0.1, 0.15) is 12.1 Å². The van der Waals surface area contributed by atoms with Gasteiger partial charge < -0.3 is 25.0 Å². The van der Waals surface area contributed by atoms with E-state index < -0.39 is 18.0 Å². The van der Waals surface area contributed by atoms with E-state index >= 15 is 0 Å². The van der Waals surface area contributed by atoms with Crippen LogP contribution in [0, 0.1) is 5.82 Å². The Kier molecular flexibility index (Phi) is 6.93. The maximum absolute atomic E-state index is 14.5. The van der Waals surface area contributed by atoms with E-state index in [0.29, 0.717) is 47.4 Å². The maximum atomic E-state index is 14.5. The second-order valence-electron chi connectivity index (χ2n) is 9.11. The van der Waals surface area contributed by atoms with Gasteiger partial charge in [-0.15, -0.1) is 0 Å². The zero-order valence-corrected chi connectivity index (χ0v) is 20.1. The van der Waals surface area contributed by atoms with Crippen molar-refractivity contribution in [3.8, 4) is 11.5 Å². The van der Waals surface area contributed by atoms with Gasteiger partial charge in [-0.2, -0.15) is 0 Å². The number of anilines is 2. The first-order valence-corrected chi connectivity index (χ1v) is 12.1. The number of β-amino-alcohol motifs (C(OH)–C–C–N with tert-alkyl or cyclic N) is 2. The van der Waals surface area contributed by atoms with E-state index in [1.54, 1.807) is 25.3 Å². The van der Waals surface area contributed by atoms with Crippen molar-refractivity contribution in [2.24, 2.45) is 0 Å². The number of rotatable bonds is 6. The normalized spacial score (nSPS) is 25.1. The quantitative estimate of drug-likeness (QED) is 0.466. The molecule has 1 saturated carbocycles. The maximum Gasteiger partial charge on any atom is 0.165 e. The Balaban J connectivity index is 1.34. The highest BCUT2D eigenvalue weighted by Gasteiger charge is 2.36. The number of hydrogen-bond acceptors (Lipinski definition) is 8. The summed E-state index contributed by atoms with van der Waals surface area (Å²) < 4.78 is 26.4. The lowest BCUT2D eigenvalue weighted by molar-refractivity contribution is 0.0572. The van der Waals surface area contributed by atoms with E-state index in [0.717, 1.165) is 25.7 Å². The van der Waals surface area contributed by atoms with Crippen molar-refractivity contribution < 1.29 is 24.1 Å². The Morgan fingerprint density at radius 2 is 1.80 bits per heavy atom. The molecule has 0 unspecified atom stereocenters. The van der Waals surface area contributed by atoms with E-state index in [-0.39, 0.29) is 16.8 Å². The first-order valence-electron chi connectivity index (χ1n) is 11.7. The molecule has 2 atom stereocenters. The lowest BCUT2D eigenvalue weighted by Crippen LogP contribution is -2.39. The average molecular weight is 503 g/mol. The van der Waals surface area contributed by atoms with Crippen LogP contribution in [0.3, 0.4) is 0 Å². The summed E-state index contributed by atoms with van der Waals surface area (Å²) >= 11 is 5.93. The minimum atomic E-state index is -0.670. The van der Waals surface area contributed by atoms with Gasteiger partial charge >= 0.3 is 0 Å². The number of nitrogens with one attached hydrogen (secondary N) is 1. The molecular weight excluding hydrogens is 475 g/mol. The lowest BCUT2D eigenvalue weighted by atomic mass is 9.92. The van der Waals surface area contributed by atoms with Crippen molar-refractivity contribution in [2.75, 3.05) is 25.5 Å². The molecule has 2 fully saturated rings. The molecule has 2 aromatic carbocycles. The van der Waals surface area contributed by atoms with Crippen molar-refractivity contribution >= 4 is 34.0 Å². The molecule has 35 heavy (non-hydrogen) atoms. The van der Waals surface area contributed by atoms with Gasteiger partial charge in [0.05, 0.1) is 41.6 Å². The van der Waals surface area contributed by atoms with E-state index in [9.17, 15) is 14.6 Å². The van der Waals surface area contributed by atoms with Gasteiger partial charge in [0.2, 0.25) is 0 Å². The Hall–Kier alpha value is -2.72. The molecule has 3 N–H and O–H groups in total. The van der Waals surface area contributed by atoms with Gasteiger partial charge in [0, 0.05) is 30.6 Å². The largest absolute Gasteiger partial charge is 0.493 e. The summed E-state index contributed by atoms with van der Waals surface area (Å²) in [4.78, 5) is 10.8. The van der Waals surface area contributed by atoms with Gasteiger partial charge in [-0.3, -0.25) is 4.90 Å². The monoisotopic (exact) mass is 502 g/mol. The van der Waals surface area contributed by atoms with Crippen LogP contribution in [0.2, 0.25) is 5.02 Å². The molecule has 1 saturated heterocycles. The summed E-state index contributed by atoms with van der Waals surface area (Å²) in [7, 11) is 1.58. The molecule has 2 aliphatic rings. The van der Waals surface area contributed by atoms with Gasteiger partial charge in [-0.1, -0.05) is 17.7 Å². The van der Waals surface area contributed by atoms with Gasteiger partial charge in [-0.25, -0.2) is 14.4 Å². The summed E-state index contributed by atoms with van der Waals surface area (Å²) in [5, 5.41) is 23.4. The predicted octanol–water partition coefficient (Wildman–Crippen LogP) is 3.90. The highest BCUT2D eigenvalue weighted by Crippen LogP contribution is 2.38. The highest BCUT2D eigenvalue weighted by atomic mass is 35.5. The summed E-state index contributed by atoms with van der Waals surface area (Å²) in [6.45, 7) is 1.03. The minimum absolute atomic E-state index is 0.00136. The molecular formula is C25H28ClFN4O4. The van der Waals surface area contributed by atoms with Crippen molar-refractivity contribution in [1.82, 2.24) is 14.9 Å². The third-order valence-corrected chi connectivity index (χ3v) is 7.16. The number of methoxy groups -OCH3 is 1. The molecule has 0 spiro atoms. The van der Waals surface area contributed by atoms with Crippen LogP contribution in [0.5, 0.6) is 11.5 Å². The van der Waals surface area contributed by atoms with E-state index in [4.69, 9.17) is 21.1 Å². The molecule has 1 aliphatic carbocycles. The second kappa shape index (κ2) is 10.1. The van der Waals surface area contributed by atoms with Gasteiger partial charge in [0.15, 0.2) is 17.3 Å². The Labute approximate surface area is 207 Å². The molecule has 1 aliphatic heterocycles. The van der Waals surface area contributed by atoms with Crippen molar-refractivity contribution in [1.29, 1.82) is 0 Å². The van der Waals surface area contributed by atoms with Crippen LogP contribution < -0.4 is 14.8 Å². The van der Waals surface area contributed by atoms with Gasteiger partial charge in [0.25, 0.3) is 0 Å². The smallest absolute Gasteiger partial charge is 0.165 e. The zero-order valence-electron chi connectivity index (χ0n) is 19.3. The van der Waals surface area contributed by atoms with E-state index in [2.05, 4.69) is 20.2 Å². The number of hydrogen-bond donors (Lipinski definition) is 3. The van der Waals surface area contributed by atoms with Crippen LogP contribution in [0.1, 0.15) is 25.7 Å². The Morgan fingerprint density at radius 1 is 1.06 bits per heavy atom. The van der Waals surface area contributed by atoms with Crippen LogP contribution in [0.15, 0.2) is 36.7 Å². The number of benzene rings is 2. The number of likely N-dealkylation sites (tertiary alicyclic amines) is 1. The van der Waals surface area contributed by atoms with Crippen molar-refractivity contribution in [3.05, 3.63) is 47.5 Å². The molecule has 3 aromatic rings. The topological polar surface area (TPSA) is 100.0 Å². The third-order valence-electron chi connectivity index (χ3n) is 6.87. The Bertz CT molecular complexity index is 1200. The van der Waals surface area contributed by atoms with Crippen molar-refractivity contribution in [3.63, 3.8) is 0 Å². The number of halogens is 2. The number of fused-ring (bicyclic) bond motifs is 1. The molecule has 0 radical (unpaired) electrons. The standard InChI is InChI=1S/C25H28ClFN4O4/c1-34-22-10-19-16(25(29-13-28-19)30-18-4-2-3-17(26)24(18)27)9-23(22)35-15-7-5-14(6-8-15)31-11-20(32)21(33)12-31/h2-4,9-10,13-15,20-21,32-33H,5-8,11-12H2,1H3,(H,28,29,30)/t14?,15?,20-,21-/m0/s1. The summed E-state index contributed by atoms with van der Waals surface area (Å²) in [5.41, 5.74) is 0.843. The van der Waals surface area contributed by atoms with Crippen molar-refractivity contribution in [2.45, 2.75) is 50.0 Å². The second-order valence-corrected chi connectivity index (χ2v) is 9.51. The molecule has 186 valence electrons. The summed E-state index contributed by atoms with van der Waals surface area (Å²) in [6.07, 6.45) is 3.60. The van der Waals surface area contributed by atoms with Crippen LogP contribution in [-0.2, 0) is 0 Å². The molecule has 10 heteroatoms. The summed E-state index contributed by atoms with van der Waals surface area (Å²) in [5.74, 6) is 1.00. The molecule has 1 aromatic heterocycles. The van der Waals surface area contributed by atoms with E-state index in [1.807, 2.05) is 6.07 Å². The minimum Gasteiger partial charge on any atom is -0.493 e. The SMILES string of the molecule is COc1cc2ncnc(Nc3cccc(Cl)c3F)c2cc1OC1CCC(N2C[C@H](O)[C@@H](O)C2)CC1. The highest BCUT2D eigenvalue weighted by molar-refractivity contribution is 6.31. The number of aromatic nitrogens is 2. The number of aliphatic hydroxyl groups excluding tert-OH is 2. The van der Waals surface area contributed by atoms with Gasteiger partial charge in [-0.05, 0) is 43.9 Å². The Morgan fingerprint density at radius 3 is 2.51 bits per heavy atom. The fourth-order valence-electron chi connectivity index (χ4n) is 4.95.